The minimum Gasteiger partial charge on any atom is -0.356 e. The van der Waals surface area contributed by atoms with E-state index in [9.17, 15) is 9.59 Å². The number of carbonyl (C=O) groups is 1. The molecular weight excluding hydrogens is 364 g/mol. The SMILES string of the molecule is CCc1ccc(-n2nc(N3CCC(C(=O)NCCC(C)C)CC3)ccc2=O)cc1. The topological polar surface area (TPSA) is 67.2 Å². The molecule has 0 atom stereocenters. The summed E-state index contributed by atoms with van der Waals surface area (Å²) in [7, 11) is 0. The van der Waals surface area contributed by atoms with Crippen molar-refractivity contribution in [1.82, 2.24) is 15.1 Å². The van der Waals surface area contributed by atoms with Crippen LogP contribution in [-0.4, -0.2) is 35.3 Å². The van der Waals surface area contributed by atoms with Crippen molar-refractivity contribution in [3.8, 4) is 5.69 Å². The number of rotatable bonds is 7. The maximum Gasteiger partial charge on any atom is 0.271 e. The highest BCUT2D eigenvalue weighted by molar-refractivity contribution is 5.78. The fourth-order valence-corrected chi connectivity index (χ4v) is 3.63. The van der Waals surface area contributed by atoms with Gasteiger partial charge in [0, 0.05) is 31.6 Å². The fraction of sp³-hybridized carbons (Fsp3) is 0.522. The van der Waals surface area contributed by atoms with Crippen molar-refractivity contribution in [2.24, 2.45) is 11.8 Å². The molecule has 1 aliphatic heterocycles. The maximum absolute atomic E-state index is 12.4. The van der Waals surface area contributed by atoms with Gasteiger partial charge < -0.3 is 10.2 Å². The summed E-state index contributed by atoms with van der Waals surface area (Å²) in [6.07, 6.45) is 3.58. The lowest BCUT2D eigenvalue weighted by atomic mass is 9.96. The molecule has 3 rings (SSSR count). The summed E-state index contributed by atoms with van der Waals surface area (Å²) in [6, 6.07) is 11.3. The predicted molar refractivity (Wildman–Crippen MR) is 117 cm³/mol. The number of amides is 1. The third-order valence-corrected chi connectivity index (χ3v) is 5.59. The molecule has 1 amide bonds. The Balaban J connectivity index is 1.63. The van der Waals surface area contributed by atoms with Gasteiger partial charge in [-0.1, -0.05) is 32.9 Å². The van der Waals surface area contributed by atoms with E-state index in [1.165, 1.54) is 10.2 Å². The van der Waals surface area contributed by atoms with Crippen molar-refractivity contribution in [3.05, 3.63) is 52.3 Å². The van der Waals surface area contributed by atoms with E-state index in [0.29, 0.717) is 5.92 Å². The van der Waals surface area contributed by atoms with Crippen LogP contribution in [0.5, 0.6) is 0 Å². The number of anilines is 1. The monoisotopic (exact) mass is 396 g/mol. The number of hydrogen-bond donors (Lipinski definition) is 1. The Kier molecular flexibility index (Phi) is 7.07. The van der Waals surface area contributed by atoms with E-state index in [0.717, 1.165) is 56.8 Å². The highest BCUT2D eigenvalue weighted by Crippen LogP contribution is 2.22. The molecule has 1 aromatic heterocycles. The highest BCUT2D eigenvalue weighted by atomic mass is 16.2. The number of piperidine rings is 1. The maximum atomic E-state index is 12.4. The second-order valence-corrected chi connectivity index (χ2v) is 8.20. The molecule has 0 saturated carbocycles. The van der Waals surface area contributed by atoms with Gasteiger partial charge in [0.15, 0.2) is 0 Å². The van der Waals surface area contributed by atoms with Crippen LogP contribution in [0, 0.1) is 11.8 Å². The van der Waals surface area contributed by atoms with E-state index in [4.69, 9.17) is 0 Å². The quantitative estimate of drug-likeness (QED) is 0.781. The Bertz CT molecular complexity index is 865. The first kappa shape index (κ1) is 21.1. The first-order valence-electron chi connectivity index (χ1n) is 10.7. The van der Waals surface area contributed by atoms with Crippen LogP contribution in [0.4, 0.5) is 5.82 Å². The van der Waals surface area contributed by atoms with Crippen molar-refractivity contribution >= 4 is 11.7 Å². The Labute approximate surface area is 172 Å². The van der Waals surface area contributed by atoms with Gasteiger partial charge in [-0.2, -0.15) is 4.68 Å². The smallest absolute Gasteiger partial charge is 0.271 e. The largest absolute Gasteiger partial charge is 0.356 e. The fourth-order valence-electron chi connectivity index (χ4n) is 3.63. The molecule has 0 spiro atoms. The van der Waals surface area contributed by atoms with Crippen LogP contribution in [0.15, 0.2) is 41.2 Å². The van der Waals surface area contributed by atoms with Gasteiger partial charge in [0.05, 0.1) is 5.69 Å². The molecule has 0 aliphatic carbocycles. The van der Waals surface area contributed by atoms with Gasteiger partial charge in [-0.3, -0.25) is 9.59 Å². The van der Waals surface area contributed by atoms with Crippen LogP contribution in [-0.2, 0) is 11.2 Å². The molecule has 6 nitrogen and oxygen atoms in total. The van der Waals surface area contributed by atoms with Gasteiger partial charge in [-0.05, 0) is 55.4 Å². The highest BCUT2D eigenvalue weighted by Gasteiger charge is 2.25. The Morgan fingerprint density at radius 2 is 1.83 bits per heavy atom. The molecule has 0 radical (unpaired) electrons. The Hall–Kier alpha value is -2.63. The first-order chi connectivity index (χ1) is 14.0. The Morgan fingerprint density at radius 3 is 2.45 bits per heavy atom. The van der Waals surface area contributed by atoms with Gasteiger partial charge in [-0.15, -0.1) is 5.10 Å². The second kappa shape index (κ2) is 9.72. The predicted octanol–water partition coefficient (Wildman–Crippen LogP) is 3.17. The zero-order chi connectivity index (χ0) is 20.8. The van der Waals surface area contributed by atoms with E-state index >= 15 is 0 Å². The third-order valence-electron chi connectivity index (χ3n) is 5.59. The number of benzene rings is 1. The zero-order valence-electron chi connectivity index (χ0n) is 17.7. The van der Waals surface area contributed by atoms with E-state index < -0.39 is 0 Å². The Morgan fingerprint density at radius 1 is 1.14 bits per heavy atom. The first-order valence-corrected chi connectivity index (χ1v) is 10.7. The molecule has 1 fully saturated rings. The van der Waals surface area contributed by atoms with E-state index in [-0.39, 0.29) is 17.4 Å². The molecule has 6 heteroatoms. The molecule has 1 aromatic carbocycles. The molecule has 156 valence electrons. The number of nitrogens with one attached hydrogen (secondary N) is 1. The molecule has 1 aliphatic rings. The van der Waals surface area contributed by atoms with Crippen LogP contribution in [0.3, 0.4) is 0 Å². The number of carbonyl (C=O) groups excluding carboxylic acids is 1. The average molecular weight is 397 g/mol. The molecule has 2 heterocycles. The van der Waals surface area contributed by atoms with Gasteiger partial charge >= 0.3 is 0 Å². The summed E-state index contributed by atoms with van der Waals surface area (Å²) in [4.78, 5) is 26.9. The molecule has 1 N–H and O–H groups in total. The summed E-state index contributed by atoms with van der Waals surface area (Å²) in [6.45, 7) is 8.71. The molecule has 0 unspecified atom stereocenters. The minimum absolute atomic E-state index is 0.0610. The van der Waals surface area contributed by atoms with Crippen LogP contribution in [0.2, 0.25) is 0 Å². The lowest BCUT2D eigenvalue weighted by Crippen LogP contribution is -2.41. The van der Waals surface area contributed by atoms with Crippen molar-refractivity contribution in [2.45, 2.75) is 46.5 Å². The van der Waals surface area contributed by atoms with E-state index in [1.807, 2.05) is 24.3 Å². The summed E-state index contributed by atoms with van der Waals surface area (Å²) in [5.74, 6) is 1.60. The lowest BCUT2D eigenvalue weighted by Gasteiger charge is -2.32. The lowest BCUT2D eigenvalue weighted by molar-refractivity contribution is -0.125. The molecular formula is C23H32N4O2. The normalized spacial score (nSPS) is 15.0. The third kappa shape index (κ3) is 5.46. The number of aromatic nitrogens is 2. The molecule has 29 heavy (non-hydrogen) atoms. The average Bonchev–Trinajstić information content (AvgIpc) is 2.74. The molecule has 1 saturated heterocycles. The molecule has 2 aromatic rings. The van der Waals surface area contributed by atoms with Crippen LogP contribution < -0.4 is 15.8 Å². The summed E-state index contributed by atoms with van der Waals surface area (Å²) >= 11 is 0. The van der Waals surface area contributed by atoms with Crippen LogP contribution in [0.25, 0.3) is 5.69 Å². The number of nitrogens with zero attached hydrogens (tertiary/aromatic N) is 3. The van der Waals surface area contributed by atoms with Gasteiger partial charge in [0.25, 0.3) is 5.56 Å². The van der Waals surface area contributed by atoms with E-state index in [1.54, 1.807) is 12.1 Å². The van der Waals surface area contributed by atoms with Crippen LogP contribution in [0.1, 0.15) is 45.6 Å². The molecule has 0 bridgehead atoms. The second-order valence-electron chi connectivity index (χ2n) is 8.20. The van der Waals surface area contributed by atoms with Crippen molar-refractivity contribution < 1.29 is 4.79 Å². The summed E-state index contributed by atoms with van der Waals surface area (Å²) < 4.78 is 1.46. The van der Waals surface area contributed by atoms with Gasteiger partial charge in [0.1, 0.15) is 5.82 Å². The summed E-state index contributed by atoms with van der Waals surface area (Å²) in [5.41, 5.74) is 1.86. The minimum atomic E-state index is -0.141. The van der Waals surface area contributed by atoms with E-state index in [2.05, 4.69) is 36.1 Å². The number of hydrogen-bond acceptors (Lipinski definition) is 4. The zero-order valence-corrected chi connectivity index (χ0v) is 17.7. The van der Waals surface area contributed by atoms with Crippen molar-refractivity contribution in [2.75, 3.05) is 24.5 Å². The number of aryl methyl sites for hydroxylation is 1. The van der Waals surface area contributed by atoms with Crippen molar-refractivity contribution in [1.29, 1.82) is 0 Å². The van der Waals surface area contributed by atoms with Crippen molar-refractivity contribution in [3.63, 3.8) is 0 Å². The van der Waals surface area contributed by atoms with Crippen LogP contribution >= 0.6 is 0 Å². The standard InChI is InChI=1S/C23H32N4O2/c1-4-18-5-7-20(8-6-18)27-22(28)10-9-21(25-27)26-15-12-19(13-16-26)23(29)24-14-11-17(2)3/h5-10,17,19H,4,11-16H2,1-3H3,(H,24,29). The summed E-state index contributed by atoms with van der Waals surface area (Å²) in [5, 5.41) is 7.66. The van der Waals surface area contributed by atoms with Gasteiger partial charge in [0.2, 0.25) is 5.91 Å². The van der Waals surface area contributed by atoms with Gasteiger partial charge in [-0.25, -0.2) is 0 Å².